The molecule has 20 nitrogen and oxygen atoms in total. The summed E-state index contributed by atoms with van der Waals surface area (Å²) in [6, 6.07) is 4.27. The smallest absolute Gasteiger partial charge is 0.493 e. The van der Waals surface area contributed by atoms with Crippen molar-refractivity contribution in [3.63, 3.8) is 0 Å². The number of aliphatic hydroxyl groups excluding tert-OH is 1. The molecular weight excluding hydrogens is 1040 g/mol. The topological polar surface area (TPSA) is 229 Å². The summed E-state index contributed by atoms with van der Waals surface area (Å²) in [6.07, 6.45) is -3.81. The molecule has 2 aromatic rings. The molecule has 4 aliphatic heterocycles. The highest BCUT2D eigenvalue weighted by Crippen LogP contribution is 2.49. The number of ether oxygens (including phenoxy) is 9. The summed E-state index contributed by atoms with van der Waals surface area (Å²) in [5, 5.41) is 15.3. The highest BCUT2D eigenvalue weighted by Gasteiger charge is 2.62. The molecule has 6 rings (SSSR count). The molecule has 0 spiro atoms. The number of aliphatic hydroxyl groups is 1. The normalized spacial score (nSPS) is 34.1. The molecule has 0 saturated carbocycles. The van der Waals surface area contributed by atoms with Gasteiger partial charge in [-0.05, 0) is 79.3 Å². The fourth-order valence-corrected chi connectivity index (χ4v) is 12.7. The average Bonchev–Trinajstić information content (AvgIpc) is 3.64. The van der Waals surface area contributed by atoms with Gasteiger partial charge in [0, 0.05) is 60.5 Å². The Kier molecular flexibility index (Phi) is 20.9. The number of cyclic esters (lactones) is 1. The number of halogens is 2. The van der Waals surface area contributed by atoms with Gasteiger partial charge >= 0.3 is 18.1 Å². The minimum Gasteiger partial charge on any atom is -0.493 e. The number of thioether (sulfide) groups is 1. The predicted molar refractivity (Wildman–Crippen MR) is 278 cm³/mol. The molecule has 15 atom stereocenters. The second kappa shape index (κ2) is 26.1. The number of methoxy groups -OCH3 is 2. The summed E-state index contributed by atoms with van der Waals surface area (Å²) < 4.78 is 55.5. The number of benzene rings is 1. The number of hydrogen-bond acceptors (Lipinski definition) is 20. The van der Waals surface area contributed by atoms with Crippen LogP contribution in [0.2, 0.25) is 10.0 Å². The molecule has 1 amide bonds. The number of pyridine rings is 1. The van der Waals surface area contributed by atoms with E-state index in [0.717, 1.165) is 0 Å². The van der Waals surface area contributed by atoms with Gasteiger partial charge in [0.2, 0.25) is 0 Å². The largest absolute Gasteiger partial charge is 0.528 e. The minimum absolute atomic E-state index is 0.0262. The fourth-order valence-electron chi connectivity index (χ4n) is 10.9. The second-order valence-electron chi connectivity index (χ2n) is 20.5. The van der Waals surface area contributed by atoms with Gasteiger partial charge in [-0.3, -0.25) is 24.2 Å². The standard InChI is InChI=1S/C52H74Cl2N4O16S/c1-13-38-52(8)39(44(48(63)73-52)75-21-20-68-37-23-32(14-15-36(37)65-11)46(61)56-40-33(53)25-55-26-34(40)54)29(4)41(59)27(2)24-51(7,66-12)45(72-49-42(60)35(57(9)10)22-28(3)69-49)30(5)43(31(6)47(62)70-38)71-50(64)74-58-16-18-67-19-17-58/h14-15,23,25-31,35,38-39,42-45,49,60H,13,16-22,24H2,1-12H3,(H,55,56,61)/t27-,28-,29-,30+,31-,35+,38-,39+,42-,43+,44+,45-,49+,51-,52-/m1/s1. The molecule has 4 saturated heterocycles. The summed E-state index contributed by atoms with van der Waals surface area (Å²) >= 11 is 13.7. The number of hydroxylamine groups is 2. The lowest BCUT2D eigenvalue weighted by Crippen LogP contribution is -2.60. The number of carbonyl (C=O) groups is 5. The molecular formula is C52H74Cl2N4O16S. The van der Waals surface area contributed by atoms with Crippen molar-refractivity contribution in [1.29, 1.82) is 0 Å². The third kappa shape index (κ3) is 13.8. The van der Waals surface area contributed by atoms with E-state index in [0.29, 0.717) is 38.5 Å². The van der Waals surface area contributed by atoms with Crippen LogP contribution in [-0.2, 0) is 52.4 Å². The van der Waals surface area contributed by atoms with E-state index < -0.39 is 101 Å². The zero-order chi connectivity index (χ0) is 55.1. The van der Waals surface area contributed by atoms with Crippen LogP contribution in [0.1, 0.15) is 85.0 Å². The molecule has 0 radical (unpaired) electrons. The number of amides is 1. The van der Waals surface area contributed by atoms with Crippen LogP contribution in [0.4, 0.5) is 10.5 Å². The average molecular weight is 1110 g/mol. The van der Waals surface area contributed by atoms with Gasteiger partial charge < -0.3 is 62.8 Å². The van der Waals surface area contributed by atoms with Crippen molar-refractivity contribution in [2.45, 2.75) is 134 Å². The number of aromatic nitrogens is 1. The Morgan fingerprint density at radius 1 is 0.987 bits per heavy atom. The molecule has 0 aliphatic carbocycles. The number of ketones is 1. The van der Waals surface area contributed by atoms with E-state index in [4.69, 9.17) is 70.7 Å². The number of rotatable bonds is 15. The van der Waals surface area contributed by atoms with Crippen molar-refractivity contribution < 1.29 is 76.5 Å². The van der Waals surface area contributed by atoms with Gasteiger partial charge in [-0.25, -0.2) is 4.79 Å². The highest BCUT2D eigenvalue weighted by molar-refractivity contribution is 8.00. The number of nitrogens with one attached hydrogen (secondary N) is 1. The van der Waals surface area contributed by atoms with Gasteiger partial charge in [0.05, 0.1) is 79.5 Å². The first kappa shape index (κ1) is 60.2. The number of nitrogens with zero attached hydrogens (tertiary/aromatic N) is 3. The molecule has 0 unspecified atom stereocenters. The molecule has 1 aromatic carbocycles. The Labute approximate surface area is 453 Å². The summed E-state index contributed by atoms with van der Waals surface area (Å²) in [5.74, 6) is -5.91. The van der Waals surface area contributed by atoms with Gasteiger partial charge in [0.1, 0.15) is 29.3 Å². The number of hydrogen-bond donors (Lipinski definition) is 2. The van der Waals surface area contributed by atoms with Crippen molar-refractivity contribution in [1.82, 2.24) is 14.9 Å². The predicted octanol–water partition coefficient (Wildman–Crippen LogP) is 6.89. The van der Waals surface area contributed by atoms with Crippen LogP contribution in [0.15, 0.2) is 30.6 Å². The Bertz CT molecular complexity index is 2310. The van der Waals surface area contributed by atoms with E-state index >= 15 is 4.79 Å². The highest BCUT2D eigenvalue weighted by atomic mass is 35.5. The number of esters is 2. The Morgan fingerprint density at radius 2 is 1.67 bits per heavy atom. The lowest BCUT2D eigenvalue weighted by Gasteiger charge is -2.48. The van der Waals surface area contributed by atoms with Crippen molar-refractivity contribution in [3.8, 4) is 11.5 Å². The van der Waals surface area contributed by atoms with Gasteiger partial charge in [-0.1, -0.05) is 50.9 Å². The lowest BCUT2D eigenvalue weighted by molar-refractivity contribution is -0.302. The molecule has 23 heteroatoms. The van der Waals surface area contributed by atoms with E-state index in [-0.39, 0.29) is 70.2 Å². The lowest BCUT2D eigenvalue weighted by atomic mass is 9.70. The third-order valence-electron chi connectivity index (χ3n) is 15.0. The van der Waals surface area contributed by atoms with Crippen molar-refractivity contribution in [2.75, 3.05) is 72.3 Å². The molecule has 4 fully saturated rings. The summed E-state index contributed by atoms with van der Waals surface area (Å²) in [7, 11) is 6.65. The van der Waals surface area contributed by atoms with Gasteiger partial charge in [-0.15, -0.1) is 16.8 Å². The summed E-state index contributed by atoms with van der Waals surface area (Å²) in [5.41, 5.74) is -2.50. The van der Waals surface area contributed by atoms with E-state index in [1.54, 1.807) is 60.6 Å². The van der Waals surface area contributed by atoms with Gasteiger partial charge in [0.25, 0.3) is 5.91 Å². The fraction of sp³-hybridized carbons (Fsp3) is 0.692. The number of carbonyl (C=O) groups excluding carboxylic acids is 5. The second-order valence-corrected chi connectivity index (χ2v) is 22.5. The third-order valence-corrected chi connectivity index (χ3v) is 16.9. The number of anilines is 1. The first-order valence-corrected chi connectivity index (χ1v) is 27.2. The van der Waals surface area contributed by atoms with Crippen LogP contribution in [0.3, 0.4) is 0 Å². The summed E-state index contributed by atoms with van der Waals surface area (Å²) in [6.45, 7) is 15.2. The van der Waals surface area contributed by atoms with Crippen LogP contribution in [0.5, 0.6) is 11.5 Å². The number of fused-ring (bicyclic) bond motifs is 1. The van der Waals surface area contributed by atoms with Gasteiger partial charge in [-0.2, -0.15) is 0 Å². The minimum atomic E-state index is -1.52. The number of Topliss-reactive ketones (excluding diaryl/α,β-unsaturated/α-hetero) is 1. The molecule has 2 N–H and O–H groups in total. The quantitative estimate of drug-likeness (QED) is 0.105. The maximum Gasteiger partial charge on any atom is 0.528 e. The zero-order valence-electron chi connectivity index (χ0n) is 44.8. The molecule has 5 heterocycles. The maximum absolute atomic E-state index is 15.1. The Balaban J connectivity index is 1.32. The van der Waals surface area contributed by atoms with Crippen LogP contribution < -0.4 is 14.8 Å². The zero-order valence-corrected chi connectivity index (χ0v) is 47.2. The van der Waals surface area contributed by atoms with Crippen LogP contribution in [0, 0.1) is 29.6 Å². The van der Waals surface area contributed by atoms with Crippen molar-refractivity contribution in [3.05, 3.63) is 46.2 Å². The molecule has 0 bridgehead atoms. The SMILES string of the molecule is CC[C@H]1OC(=O)[C@H](C)[C@@H](OC(=O)ON2CCOCC2)[C@H](C)[C@@H](O[C@@H]2O[C@H](C)C[C@H](N(C)C)[C@H]2O)[C@](C)(OC)C[C@@H](C)C(=O)[C@H](C)[C@H]2[C@H](SCCOc3cc(C(=O)Nc4c(Cl)cncc4Cl)ccc3OC)C(=O)O[C@@]21C. The van der Waals surface area contributed by atoms with Gasteiger partial charge in [0.15, 0.2) is 23.4 Å². The molecule has 75 heavy (non-hydrogen) atoms. The summed E-state index contributed by atoms with van der Waals surface area (Å²) in [4.78, 5) is 82.8. The first-order chi connectivity index (χ1) is 35.5. The molecule has 418 valence electrons. The van der Waals surface area contributed by atoms with E-state index in [1.807, 2.05) is 25.9 Å². The first-order valence-electron chi connectivity index (χ1n) is 25.4. The Hall–Kier alpha value is -4.03. The molecule has 1 aromatic heterocycles. The van der Waals surface area contributed by atoms with E-state index in [1.165, 1.54) is 49.5 Å². The van der Waals surface area contributed by atoms with Crippen LogP contribution in [0.25, 0.3) is 0 Å². The van der Waals surface area contributed by atoms with Crippen LogP contribution >= 0.6 is 35.0 Å². The molecule has 4 aliphatic rings. The van der Waals surface area contributed by atoms with E-state index in [2.05, 4.69) is 10.3 Å². The number of morpholine rings is 1. The maximum atomic E-state index is 15.1. The monoisotopic (exact) mass is 1110 g/mol. The van der Waals surface area contributed by atoms with E-state index in [9.17, 15) is 24.3 Å². The van der Waals surface area contributed by atoms with Crippen molar-refractivity contribution >= 4 is 70.4 Å². The van der Waals surface area contributed by atoms with Crippen LogP contribution in [-0.4, -0.2) is 176 Å². The van der Waals surface area contributed by atoms with Crippen molar-refractivity contribution in [2.24, 2.45) is 29.6 Å². The number of likely N-dealkylation sites (N-methyl/N-ethyl adjacent to an activating group) is 1. The Morgan fingerprint density at radius 3 is 2.29 bits per heavy atom.